The van der Waals surface area contributed by atoms with Crippen LogP contribution < -0.4 is 10.6 Å². The van der Waals surface area contributed by atoms with Crippen molar-refractivity contribution in [1.82, 2.24) is 10.6 Å². The van der Waals surface area contributed by atoms with E-state index in [9.17, 15) is 9.59 Å². The lowest BCUT2D eigenvalue weighted by molar-refractivity contribution is -0.125. The quantitative estimate of drug-likeness (QED) is 0.792. The third-order valence-corrected chi connectivity index (χ3v) is 3.07. The summed E-state index contributed by atoms with van der Waals surface area (Å²) in [6, 6.07) is 0.126. The number of carbonyl (C=O) groups excluding carboxylic acids is 2. The van der Waals surface area contributed by atoms with Crippen LogP contribution in [0.2, 0.25) is 0 Å². The van der Waals surface area contributed by atoms with Crippen LogP contribution in [0.5, 0.6) is 0 Å². The SMILES string of the molecule is CNC(=O)[C@H]1CC[C@H](NC(=O)OC(C)(C)C)CC1. The Morgan fingerprint density at radius 2 is 1.67 bits per heavy atom. The molecule has 2 N–H and O–H groups in total. The monoisotopic (exact) mass is 256 g/mol. The van der Waals surface area contributed by atoms with Gasteiger partial charge < -0.3 is 15.4 Å². The lowest BCUT2D eigenvalue weighted by Gasteiger charge is -2.29. The summed E-state index contributed by atoms with van der Waals surface area (Å²) in [7, 11) is 1.66. The highest BCUT2D eigenvalue weighted by molar-refractivity contribution is 5.78. The molecule has 1 aliphatic rings. The second-order valence-electron chi connectivity index (χ2n) is 5.81. The van der Waals surface area contributed by atoms with Crippen LogP contribution in [0.3, 0.4) is 0 Å². The van der Waals surface area contributed by atoms with Crippen molar-refractivity contribution in [1.29, 1.82) is 0 Å². The molecule has 1 saturated carbocycles. The fourth-order valence-corrected chi connectivity index (χ4v) is 2.18. The van der Waals surface area contributed by atoms with Crippen LogP contribution >= 0.6 is 0 Å². The van der Waals surface area contributed by atoms with E-state index < -0.39 is 5.60 Å². The smallest absolute Gasteiger partial charge is 0.407 e. The summed E-state index contributed by atoms with van der Waals surface area (Å²) in [5.74, 6) is 0.192. The summed E-state index contributed by atoms with van der Waals surface area (Å²) in [6.45, 7) is 5.53. The van der Waals surface area contributed by atoms with E-state index >= 15 is 0 Å². The third-order valence-electron chi connectivity index (χ3n) is 3.07. The summed E-state index contributed by atoms with van der Waals surface area (Å²) in [5.41, 5.74) is -0.469. The van der Waals surface area contributed by atoms with Crippen molar-refractivity contribution in [2.24, 2.45) is 5.92 Å². The van der Waals surface area contributed by atoms with E-state index in [2.05, 4.69) is 10.6 Å². The Hall–Kier alpha value is -1.26. The average molecular weight is 256 g/mol. The molecule has 0 unspecified atom stereocenters. The van der Waals surface area contributed by atoms with Gasteiger partial charge in [-0.1, -0.05) is 0 Å². The maximum Gasteiger partial charge on any atom is 0.407 e. The molecule has 1 rings (SSSR count). The molecule has 0 saturated heterocycles. The maximum absolute atomic E-state index is 11.6. The van der Waals surface area contributed by atoms with E-state index in [1.165, 1.54) is 0 Å². The largest absolute Gasteiger partial charge is 0.444 e. The molecule has 0 aromatic carbocycles. The summed E-state index contributed by atoms with van der Waals surface area (Å²) >= 11 is 0. The van der Waals surface area contributed by atoms with Gasteiger partial charge in [-0.3, -0.25) is 4.79 Å². The standard InChI is InChI=1S/C13H24N2O3/c1-13(2,3)18-12(17)15-10-7-5-9(6-8-10)11(16)14-4/h9-10H,5-8H2,1-4H3,(H,14,16)(H,15,17)/t9-,10-. The minimum Gasteiger partial charge on any atom is -0.444 e. The first-order chi connectivity index (χ1) is 8.31. The summed E-state index contributed by atoms with van der Waals surface area (Å²) in [6.07, 6.45) is 2.93. The van der Waals surface area contributed by atoms with Crippen molar-refractivity contribution in [2.45, 2.75) is 58.1 Å². The maximum atomic E-state index is 11.6. The van der Waals surface area contributed by atoms with Gasteiger partial charge in [0.1, 0.15) is 5.60 Å². The zero-order valence-corrected chi connectivity index (χ0v) is 11.7. The van der Waals surface area contributed by atoms with Crippen molar-refractivity contribution in [3.8, 4) is 0 Å². The Bertz CT molecular complexity index is 302. The van der Waals surface area contributed by atoms with Gasteiger partial charge in [0.05, 0.1) is 0 Å². The molecule has 18 heavy (non-hydrogen) atoms. The first-order valence-corrected chi connectivity index (χ1v) is 6.53. The van der Waals surface area contributed by atoms with Crippen LogP contribution in [0.25, 0.3) is 0 Å². The predicted molar refractivity (Wildman–Crippen MR) is 69.2 cm³/mol. The van der Waals surface area contributed by atoms with Crippen molar-refractivity contribution in [3.63, 3.8) is 0 Å². The zero-order valence-electron chi connectivity index (χ0n) is 11.7. The van der Waals surface area contributed by atoms with Gasteiger partial charge >= 0.3 is 6.09 Å². The summed E-state index contributed by atoms with van der Waals surface area (Å²) in [4.78, 5) is 23.0. The molecule has 0 aliphatic heterocycles. The van der Waals surface area contributed by atoms with Crippen LogP contribution in [-0.4, -0.2) is 30.7 Å². The minimum atomic E-state index is -0.469. The highest BCUT2D eigenvalue weighted by Gasteiger charge is 2.27. The Kier molecular flexibility index (Phi) is 4.99. The average Bonchev–Trinajstić information content (AvgIpc) is 2.26. The number of nitrogens with one attached hydrogen (secondary N) is 2. The van der Waals surface area contributed by atoms with Crippen molar-refractivity contribution in [3.05, 3.63) is 0 Å². The summed E-state index contributed by atoms with van der Waals surface area (Å²) < 4.78 is 5.21. The first kappa shape index (κ1) is 14.8. The Morgan fingerprint density at radius 3 is 2.11 bits per heavy atom. The Morgan fingerprint density at radius 1 is 1.11 bits per heavy atom. The molecule has 1 fully saturated rings. The number of alkyl carbamates (subject to hydrolysis) is 1. The second kappa shape index (κ2) is 6.07. The topological polar surface area (TPSA) is 67.4 Å². The van der Waals surface area contributed by atoms with Crippen LogP contribution in [0.4, 0.5) is 4.79 Å². The molecular formula is C13H24N2O3. The normalized spacial score (nSPS) is 24.2. The molecule has 2 amide bonds. The molecule has 104 valence electrons. The van der Waals surface area contributed by atoms with E-state index in [1.54, 1.807) is 7.05 Å². The molecule has 0 spiro atoms. The molecule has 5 nitrogen and oxygen atoms in total. The van der Waals surface area contributed by atoms with Crippen LogP contribution in [0.15, 0.2) is 0 Å². The van der Waals surface area contributed by atoms with Crippen LogP contribution in [-0.2, 0) is 9.53 Å². The number of amides is 2. The highest BCUT2D eigenvalue weighted by atomic mass is 16.6. The van der Waals surface area contributed by atoms with Gasteiger partial charge in [-0.15, -0.1) is 0 Å². The van der Waals surface area contributed by atoms with Crippen molar-refractivity contribution >= 4 is 12.0 Å². The lowest BCUT2D eigenvalue weighted by atomic mass is 9.85. The molecule has 0 heterocycles. The van der Waals surface area contributed by atoms with Gasteiger partial charge in [-0.25, -0.2) is 4.79 Å². The van der Waals surface area contributed by atoms with Gasteiger partial charge in [-0.05, 0) is 46.5 Å². The minimum absolute atomic E-state index is 0.0895. The van der Waals surface area contributed by atoms with Crippen molar-refractivity contribution in [2.75, 3.05) is 7.05 Å². The van der Waals surface area contributed by atoms with Crippen LogP contribution in [0, 0.1) is 5.92 Å². The predicted octanol–water partition coefficient (Wildman–Crippen LogP) is 1.82. The van der Waals surface area contributed by atoms with Gasteiger partial charge in [-0.2, -0.15) is 0 Å². The zero-order chi connectivity index (χ0) is 13.8. The lowest BCUT2D eigenvalue weighted by Crippen LogP contribution is -2.42. The Labute approximate surface area is 109 Å². The number of ether oxygens (including phenoxy) is 1. The molecule has 0 radical (unpaired) electrons. The van der Waals surface area contributed by atoms with E-state index in [4.69, 9.17) is 4.74 Å². The summed E-state index contributed by atoms with van der Waals surface area (Å²) in [5, 5.41) is 5.53. The fraction of sp³-hybridized carbons (Fsp3) is 0.846. The molecule has 0 atom stereocenters. The van der Waals surface area contributed by atoms with Crippen LogP contribution in [0.1, 0.15) is 46.5 Å². The van der Waals surface area contributed by atoms with Gasteiger partial charge in [0.15, 0.2) is 0 Å². The van der Waals surface area contributed by atoms with E-state index in [1.807, 2.05) is 20.8 Å². The highest BCUT2D eigenvalue weighted by Crippen LogP contribution is 2.24. The van der Waals surface area contributed by atoms with Gasteiger partial charge in [0.2, 0.25) is 5.91 Å². The number of hydrogen-bond acceptors (Lipinski definition) is 3. The molecule has 5 heteroatoms. The third kappa shape index (κ3) is 4.94. The Balaban J connectivity index is 2.31. The van der Waals surface area contributed by atoms with E-state index in [-0.39, 0.29) is 24.0 Å². The molecular weight excluding hydrogens is 232 g/mol. The molecule has 1 aliphatic carbocycles. The van der Waals surface area contributed by atoms with Gasteiger partial charge in [0.25, 0.3) is 0 Å². The number of carbonyl (C=O) groups is 2. The fourth-order valence-electron chi connectivity index (χ4n) is 2.18. The first-order valence-electron chi connectivity index (χ1n) is 6.53. The molecule has 0 bridgehead atoms. The van der Waals surface area contributed by atoms with E-state index in [0.717, 1.165) is 25.7 Å². The number of rotatable bonds is 2. The second-order valence-corrected chi connectivity index (χ2v) is 5.81. The van der Waals surface area contributed by atoms with E-state index in [0.29, 0.717) is 0 Å². The van der Waals surface area contributed by atoms with Crippen molar-refractivity contribution < 1.29 is 14.3 Å². The molecule has 0 aromatic heterocycles. The number of hydrogen-bond donors (Lipinski definition) is 2. The molecule has 0 aromatic rings. The van der Waals surface area contributed by atoms with Gasteiger partial charge in [0, 0.05) is 19.0 Å².